The van der Waals surface area contributed by atoms with E-state index in [1.807, 2.05) is 13.8 Å². The Morgan fingerprint density at radius 1 is 1.12 bits per heavy atom. The Balaban J connectivity index is 2.07. The van der Waals surface area contributed by atoms with E-state index >= 15 is 0 Å². The Bertz CT molecular complexity index is 1190. The highest BCUT2D eigenvalue weighted by Gasteiger charge is 2.45. The largest absolute Gasteiger partial charge is 0.493 e. The molecule has 1 aliphatic heterocycles. The molecule has 1 unspecified atom stereocenters. The Hall–Kier alpha value is -4.04. The van der Waals surface area contributed by atoms with Gasteiger partial charge in [-0.25, -0.2) is 4.79 Å². The number of hydrazine groups is 1. The van der Waals surface area contributed by atoms with Crippen LogP contribution in [0.2, 0.25) is 0 Å². The number of rotatable bonds is 10. The van der Waals surface area contributed by atoms with Gasteiger partial charge in [0, 0.05) is 24.3 Å². The van der Waals surface area contributed by atoms with Gasteiger partial charge in [-0.1, -0.05) is 11.2 Å². The molecule has 0 spiro atoms. The predicted octanol–water partition coefficient (Wildman–Crippen LogP) is 3.41. The number of carbonyl (C=O) groups excluding carboxylic acids is 2. The lowest BCUT2D eigenvalue weighted by molar-refractivity contribution is -0.289. The summed E-state index contributed by atoms with van der Waals surface area (Å²) in [5, 5.41) is 12.1. The normalized spacial score (nSPS) is 14.8. The van der Waals surface area contributed by atoms with Crippen molar-refractivity contribution in [3.05, 3.63) is 53.6 Å². The first-order valence-electron chi connectivity index (χ1n) is 12.5. The molecule has 218 valence electrons. The molecule has 4 N–H and O–H groups in total. The van der Waals surface area contributed by atoms with Crippen molar-refractivity contribution in [1.29, 1.82) is 5.41 Å². The quantitative estimate of drug-likeness (QED) is 0.224. The molecule has 1 saturated heterocycles. The molecular weight excluding hydrogens is 535 g/mol. The number of anilines is 1. The second-order valence-corrected chi connectivity index (χ2v) is 8.93. The van der Waals surface area contributed by atoms with E-state index in [0.29, 0.717) is 33.5 Å². The number of nitrogens with two attached hydrogens (primary N) is 1. The van der Waals surface area contributed by atoms with Gasteiger partial charge in [-0.3, -0.25) is 10.2 Å². The third kappa shape index (κ3) is 7.99. The molecule has 0 bridgehead atoms. The summed E-state index contributed by atoms with van der Waals surface area (Å²) >= 11 is 0. The Morgan fingerprint density at radius 3 is 2.33 bits per heavy atom. The molecule has 0 aromatic heterocycles. The molecule has 2 aromatic carbocycles. The monoisotopic (exact) mass is 567 g/mol. The molecule has 1 amide bonds. The van der Waals surface area contributed by atoms with E-state index in [4.69, 9.17) is 25.4 Å². The first kappa shape index (κ1) is 30.5. The number of nitrogen functional groups attached to an aromatic ring is 1. The van der Waals surface area contributed by atoms with E-state index in [1.165, 1.54) is 11.1 Å². The molecule has 14 heteroatoms. The van der Waals surface area contributed by atoms with Crippen molar-refractivity contribution < 1.29 is 41.8 Å². The number of benzene rings is 2. The average Bonchev–Trinajstić information content (AvgIpc) is 2.91. The average molecular weight is 568 g/mol. The van der Waals surface area contributed by atoms with Gasteiger partial charge in [0.1, 0.15) is 11.9 Å². The van der Waals surface area contributed by atoms with E-state index in [9.17, 15) is 22.8 Å². The number of nitrogens with zero attached hydrogens (tertiary/aromatic N) is 2. The van der Waals surface area contributed by atoms with Crippen LogP contribution >= 0.6 is 0 Å². The number of amidine groups is 1. The van der Waals surface area contributed by atoms with Gasteiger partial charge in [-0.15, -0.1) is 0 Å². The minimum Gasteiger partial charge on any atom is -0.490 e. The SMILES string of the molecule is CCOc1cc(C(Nc2ccc(C(=N)N)cc2)C(=O)N(OC(=O)C(F)(F)F)N2CCOCC2)ccc1OC(C)C. The summed E-state index contributed by atoms with van der Waals surface area (Å²) in [5.41, 5.74) is 6.62. The number of carbonyl (C=O) groups is 2. The van der Waals surface area contributed by atoms with Crippen LogP contribution in [0.15, 0.2) is 42.5 Å². The fourth-order valence-electron chi connectivity index (χ4n) is 3.74. The van der Waals surface area contributed by atoms with Gasteiger partial charge in [0.25, 0.3) is 5.91 Å². The highest BCUT2D eigenvalue weighted by molar-refractivity contribution is 5.95. The summed E-state index contributed by atoms with van der Waals surface area (Å²) in [6.45, 7) is 5.92. The smallest absolute Gasteiger partial charge is 0.490 e. The summed E-state index contributed by atoms with van der Waals surface area (Å²) in [6, 6.07) is 9.52. The number of morpholine rings is 1. The van der Waals surface area contributed by atoms with Gasteiger partial charge >= 0.3 is 12.1 Å². The van der Waals surface area contributed by atoms with Crippen LogP contribution in [-0.4, -0.2) is 73.1 Å². The first-order valence-corrected chi connectivity index (χ1v) is 12.5. The summed E-state index contributed by atoms with van der Waals surface area (Å²) in [7, 11) is 0. The standard InChI is InChI=1S/C26H32F3N5O6/c1-4-38-21-15-18(7-10-20(21)39-16(2)3)22(32-19-8-5-17(6-9-19)23(30)31)24(35)34(33-11-13-37-14-12-33)40-25(36)26(27,28)29/h5-10,15-16,22,32H,4,11-14H2,1-3H3,(H3,30,31). The van der Waals surface area contributed by atoms with Crippen LogP contribution < -0.4 is 20.5 Å². The molecule has 0 aliphatic carbocycles. The zero-order valence-corrected chi connectivity index (χ0v) is 22.3. The molecule has 1 fully saturated rings. The number of alkyl halides is 3. The van der Waals surface area contributed by atoms with Crippen LogP contribution in [0.5, 0.6) is 11.5 Å². The minimum atomic E-state index is -5.34. The fourth-order valence-corrected chi connectivity index (χ4v) is 3.74. The second-order valence-electron chi connectivity index (χ2n) is 8.93. The van der Waals surface area contributed by atoms with Gasteiger partial charge in [0.15, 0.2) is 11.5 Å². The Morgan fingerprint density at radius 2 is 1.77 bits per heavy atom. The molecular formula is C26H32F3N5O6. The lowest BCUT2D eigenvalue weighted by Crippen LogP contribution is -2.55. The van der Waals surface area contributed by atoms with Crippen molar-refractivity contribution in [3.8, 4) is 11.5 Å². The highest BCUT2D eigenvalue weighted by atomic mass is 19.4. The maximum absolute atomic E-state index is 13.9. The fraction of sp³-hybridized carbons (Fsp3) is 0.423. The zero-order chi connectivity index (χ0) is 29.4. The number of hydrogen-bond acceptors (Lipinski definition) is 9. The third-order valence-corrected chi connectivity index (χ3v) is 5.55. The molecule has 0 radical (unpaired) electrons. The van der Waals surface area contributed by atoms with E-state index in [1.54, 1.807) is 43.3 Å². The summed E-state index contributed by atoms with van der Waals surface area (Å²) in [6.07, 6.45) is -5.52. The lowest BCUT2D eigenvalue weighted by Gasteiger charge is -2.36. The van der Waals surface area contributed by atoms with Crippen LogP contribution in [0, 0.1) is 5.41 Å². The number of hydrogen-bond donors (Lipinski definition) is 3. The molecule has 1 aliphatic rings. The predicted molar refractivity (Wildman–Crippen MR) is 139 cm³/mol. The van der Waals surface area contributed by atoms with E-state index in [0.717, 1.165) is 0 Å². The number of halogens is 3. The minimum absolute atomic E-state index is 0.00225. The van der Waals surface area contributed by atoms with Gasteiger partial charge in [-0.2, -0.15) is 18.2 Å². The summed E-state index contributed by atoms with van der Waals surface area (Å²) in [4.78, 5) is 30.4. The number of hydroxylamine groups is 1. The van der Waals surface area contributed by atoms with E-state index < -0.39 is 24.1 Å². The lowest BCUT2D eigenvalue weighted by atomic mass is 10.0. The first-order chi connectivity index (χ1) is 18.9. The number of ether oxygens (including phenoxy) is 3. The van der Waals surface area contributed by atoms with Crippen molar-refractivity contribution in [2.24, 2.45) is 5.73 Å². The molecule has 11 nitrogen and oxygen atoms in total. The molecule has 0 saturated carbocycles. The van der Waals surface area contributed by atoms with Crippen LogP contribution in [-0.2, 0) is 19.2 Å². The van der Waals surface area contributed by atoms with Crippen molar-refractivity contribution in [2.45, 2.75) is 39.1 Å². The maximum atomic E-state index is 13.9. The van der Waals surface area contributed by atoms with Crippen molar-refractivity contribution in [2.75, 3.05) is 38.2 Å². The van der Waals surface area contributed by atoms with Crippen molar-refractivity contribution in [1.82, 2.24) is 10.2 Å². The number of amides is 1. The van der Waals surface area contributed by atoms with E-state index in [-0.39, 0.29) is 44.8 Å². The number of nitrogens with one attached hydrogen (secondary N) is 2. The van der Waals surface area contributed by atoms with Crippen molar-refractivity contribution >= 4 is 23.4 Å². The topological polar surface area (TPSA) is 139 Å². The molecule has 40 heavy (non-hydrogen) atoms. The molecule has 1 heterocycles. The second kappa shape index (κ2) is 13.3. The van der Waals surface area contributed by atoms with Gasteiger partial charge < -0.3 is 30.1 Å². The molecule has 3 rings (SSSR count). The van der Waals surface area contributed by atoms with Gasteiger partial charge in [0.2, 0.25) is 0 Å². The highest BCUT2D eigenvalue weighted by Crippen LogP contribution is 2.34. The third-order valence-electron chi connectivity index (χ3n) is 5.55. The summed E-state index contributed by atoms with van der Waals surface area (Å²) < 4.78 is 56.3. The van der Waals surface area contributed by atoms with Gasteiger partial charge in [0.05, 0.1) is 25.9 Å². The van der Waals surface area contributed by atoms with Crippen LogP contribution in [0.1, 0.15) is 37.9 Å². The van der Waals surface area contributed by atoms with Crippen LogP contribution in [0.25, 0.3) is 0 Å². The van der Waals surface area contributed by atoms with Crippen molar-refractivity contribution in [3.63, 3.8) is 0 Å². The maximum Gasteiger partial charge on any atom is 0.493 e. The van der Waals surface area contributed by atoms with Crippen LogP contribution in [0.3, 0.4) is 0 Å². The Kier molecular flexibility index (Phi) is 10.2. The van der Waals surface area contributed by atoms with Gasteiger partial charge in [-0.05, 0) is 62.7 Å². The zero-order valence-electron chi connectivity index (χ0n) is 22.3. The molecule has 1 atom stereocenters. The Labute approximate surface area is 229 Å². The summed E-state index contributed by atoms with van der Waals surface area (Å²) in [5.74, 6) is -3.00. The molecule has 2 aromatic rings. The van der Waals surface area contributed by atoms with E-state index in [2.05, 4.69) is 10.2 Å². The van der Waals surface area contributed by atoms with Crippen LogP contribution in [0.4, 0.5) is 18.9 Å².